The molecule has 0 unspecified atom stereocenters. The minimum Gasteiger partial charge on any atom is -0.495 e. The summed E-state index contributed by atoms with van der Waals surface area (Å²) in [6.07, 6.45) is 3.82. The van der Waals surface area contributed by atoms with Crippen molar-refractivity contribution in [2.24, 2.45) is 0 Å². The molecule has 1 aliphatic heterocycles. The van der Waals surface area contributed by atoms with Crippen LogP contribution < -0.4 is 20.3 Å². The summed E-state index contributed by atoms with van der Waals surface area (Å²) >= 11 is 9.42. The van der Waals surface area contributed by atoms with Crippen LogP contribution in [0.15, 0.2) is 89.7 Å². The summed E-state index contributed by atoms with van der Waals surface area (Å²) < 4.78 is 13.6. The topological polar surface area (TPSA) is 80.7 Å². The number of hydrogen-bond donors (Lipinski definition) is 2. The second-order valence-electron chi connectivity index (χ2n) is 8.64. The van der Waals surface area contributed by atoms with Crippen molar-refractivity contribution in [3.05, 3.63) is 101 Å². The maximum absolute atomic E-state index is 12.3. The van der Waals surface area contributed by atoms with Gasteiger partial charge in [0, 0.05) is 41.0 Å². The summed E-state index contributed by atoms with van der Waals surface area (Å²) in [5.41, 5.74) is 4.23. The Morgan fingerprint density at radius 1 is 1.08 bits per heavy atom. The van der Waals surface area contributed by atoms with E-state index in [0.29, 0.717) is 16.5 Å². The number of amides is 1. The van der Waals surface area contributed by atoms with Crippen LogP contribution in [0.25, 0.3) is 5.69 Å². The van der Waals surface area contributed by atoms with Crippen LogP contribution in [0.2, 0.25) is 0 Å². The first-order chi connectivity index (χ1) is 18.5. The van der Waals surface area contributed by atoms with Gasteiger partial charge < -0.3 is 29.6 Å². The average Bonchev–Trinajstić information content (AvgIpc) is 3.54. The van der Waals surface area contributed by atoms with Crippen molar-refractivity contribution in [2.75, 3.05) is 31.0 Å². The molecule has 2 aromatic carbocycles. The number of ether oxygens (including phenoxy) is 2. The van der Waals surface area contributed by atoms with Gasteiger partial charge in [-0.3, -0.25) is 9.78 Å². The van der Waals surface area contributed by atoms with Crippen LogP contribution in [0.5, 0.6) is 5.75 Å². The first-order valence-corrected chi connectivity index (χ1v) is 13.1. The minimum absolute atomic E-state index is 0.0673. The van der Waals surface area contributed by atoms with E-state index in [0.717, 1.165) is 27.2 Å². The summed E-state index contributed by atoms with van der Waals surface area (Å²) in [4.78, 5) is 19.0. The molecule has 1 aliphatic rings. The molecule has 0 spiro atoms. The fraction of sp³-hybridized carbons (Fsp3) is 0.179. The summed E-state index contributed by atoms with van der Waals surface area (Å²) in [5, 5.41) is 6.91. The first kappa shape index (κ1) is 25.9. The molecule has 2 aromatic heterocycles. The van der Waals surface area contributed by atoms with Crippen molar-refractivity contribution in [1.29, 1.82) is 0 Å². The number of thiocarbonyl (C=S) groups is 1. The van der Waals surface area contributed by atoms with E-state index in [2.05, 4.69) is 59.2 Å². The normalized spacial score (nSPS) is 16.8. The predicted octanol–water partition coefficient (Wildman–Crippen LogP) is 5.41. The van der Waals surface area contributed by atoms with Gasteiger partial charge in [0.1, 0.15) is 18.4 Å². The fourth-order valence-electron chi connectivity index (χ4n) is 4.67. The van der Waals surface area contributed by atoms with Crippen LogP contribution >= 0.6 is 28.1 Å². The molecule has 0 aliphatic carbocycles. The standard InChI is InChI=1S/C28H26BrN5O3S/c1-36-17-25(35)31-22-16-20(12-13-24(22)37-2)34-27(26(32-28(34)38)21-6-3-4-14-30-21)23-7-5-15-33(23)19-10-8-18(29)9-11-19/h3-16,26-27H,17H2,1-2H3,(H,31,35)(H,32,38)/t26-,27-/m1/s1. The minimum atomic E-state index is -0.280. The van der Waals surface area contributed by atoms with Gasteiger partial charge in [0.25, 0.3) is 0 Å². The Labute approximate surface area is 234 Å². The fourth-order valence-corrected chi connectivity index (χ4v) is 5.28. The van der Waals surface area contributed by atoms with Crippen molar-refractivity contribution < 1.29 is 14.3 Å². The molecule has 38 heavy (non-hydrogen) atoms. The summed E-state index contributed by atoms with van der Waals surface area (Å²) in [7, 11) is 3.04. The molecule has 1 amide bonds. The maximum Gasteiger partial charge on any atom is 0.250 e. The average molecular weight is 593 g/mol. The lowest BCUT2D eigenvalue weighted by molar-refractivity contribution is -0.119. The number of hydrogen-bond acceptors (Lipinski definition) is 5. The lowest BCUT2D eigenvalue weighted by Crippen LogP contribution is -2.30. The monoisotopic (exact) mass is 591 g/mol. The highest BCUT2D eigenvalue weighted by molar-refractivity contribution is 9.10. The number of nitrogens with one attached hydrogen (secondary N) is 2. The molecule has 194 valence electrons. The van der Waals surface area contributed by atoms with E-state index in [1.807, 2.05) is 60.8 Å². The van der Waals surface area contributed by atoms with Gasteiger partial charge in [-0.25, -0.2) is 0 Å². The molecule has 2 atom stereocenters. The van der Waals surface area contributed by atoms with Gasteiger partial charge in [0.2, 0.25) is 5.91 Å². The number of carbonyl (C=O) groups excluding carboxylic acids is 1. The zero-order chi connectivity index (χ0) is 26.6. The Kier molecular flexibility index (Phi) is 7.73. The number of carbonyl (C=O) groups is 1. The van der Waals surface area contributed by atoms with Crippen LogP contribution in [0, 0.1) is 0 Å². The Morgan fingerprint density at radius 2 is 1.87 bits per heavy atom. The molecule has 0 saturated carbocycles. The Hall–Kier alpha value is -3.73. The van der Waals surface area contributed by atoms with Crippen LogP contribution in [0.4, 0.5) is 11.4 Å². The van der Waals surface area contributed by atoms with E-state index in [-0.39, 0.29) is 24.6 Å². The highest BCUT2D eigenvalue weighted by Crippen LogP contribution is 2.43. The molecular formula is C28H26BrN5O3S. The third-order valence-corrected chi connectivity index (χ3v) is 7.14. The summed E-state index contributed by atoms with van der Waals surface area (Å²) in [6.45, 7) is -0.0673. The van der Waals surface area contributed by atoms with Gasteiger partial charge in [0.15, 0.2) is 5.11 Å². The smallest absolute Gasteiger partial charge is 0.250 e. The van der Waals surface area contributed by atoms with Crippen molar-refractivity contribution in [2.45, 2.75) is 12.1 Å². The van der Waals surface area contributed by atoms with Crippen molar-refractivity contribution in [3.8, 4) is 11.4 Å². The van der Waals surface area contributed by atoms with Crippen molar-refractivity contribution in [1.82, 2.24) is 14.9 Å². The number of aromatic nitrogens is 2. The molecule has 0 radical (unpaired) electrons. The van der Waals surface area contributed by atoms with E-state index in [1.54, 1.807) is 13.3 Å². The molecular weight excluding hydrogens is 566 g/mol. The van der Waals surface area contributed by atoms with Crippen LogP contribution in [-0.4, -0.2) is 41.4 Å². The van der Waals surface area contributed by atoms with E-state index >= 15 is 0 Å². The van der Waals surface area contributed by atoms with Gasteiger partial charge in [-0.1, -0.05) is 22.0 Å². The zero-order valence-electron chi connectivity index (χ0n) is 20.8. The molecule has 4 aromatic rings. The number of pyridine rings is 1. The van der Waals surface area contributed by atoms with E-state index < -0.39 is 0 Å². The molecule has 5 rings (SSSR count). The highest BCUT2D eigenvalue weighted by atomic mass is 79.9. The molecule has 10 heteroatoms. The third kappa shape index (κ3) is 5.15. The molecule has 1 fully saturated rings. The maximum atomic E-state index is 12.3. The lowest BCUT2D eigenvalue weighted by Gasteiger charge is -2.29. The third-order valence-electron chi connectivity index (χ3n) is 6.30. The molecule has 1 saturated heterocycles. The van der Waals surface area contributed by atoms with Crippen LogP contribution in [-0.2, 0) is 9.53 Å². The zero-order valence-corrected chi connectivity index (χ0v) is 23.2. The van der Waals surface area contributed by atoms with E-state index in [9.17, 15) is 4.79 Å². The van der Waals surface area contributed by atoms with E-state index in [1.165, 1.54) is 7.11 Å². The molecule has 3 heterocycles. The highest BCUT2D eigenvalue weighted by Gasteiger charge is 2.42. The summed E-state index contributed by atoms with van der Waals surface area (Å²) in [5.74, 6) is 0.254. The number of nitrogens with zero attached hydrogens (tertiary/aromatic N) is 3. The number of anilines is 2. The van der Waals surface area contributed by atoms with Gasteiger partial charge in [0.05, 0.1) is 24.5 Å². The largest absolute Gasteiger partial charge is 0.495 e. The van der Waals surface area contributed by atoms with Gasteiger partial charge in [-0.2, -0.15) is 0 Å². The number of halogens is 1. The number of methoxy groups -OCH3 is 2. The molecule has 2 N–H and O–H groups in total. The Morgan fingerprint density at radius 3 is 2.58 bits per heavy atom. The Bertz CT molecular complexity index is 1440. The molecule has 8 nitrogen and oxygen atoms in total. The van der Waals surface area contributed by atoms with Gasteiger partial charge in [-0.05, 0) is 78.9 Å². The summed E-state index contributed by atoms with van der Waals surface area (Å²) in [6, 6.07) is 23.3. The second-order valence-corrected chi connectivity index (χ2v) is 9.94. The van der Waals surface area contributed by atoms with Crippen LogP contribution in [0.1, 0.15) is 23.5 Å². The quantitative estimate of drug-likeness (QED) is 0.265. The SMILES string of the molecule is COCC(=O)Nc1cc(N2C(=S)N[C@H](c3ccccn3)[C@H]2c2cccn2-c2ccc(Br)cc2)ccc1OC. The number of rotatable bonds is 8. The lowest BCUT2D eigenvalue weighted by atomic mass is 10.0. The number of benzene rings is 2. The van der Waals surface area contributed by atoms with Crippen LogP contribution in [0.3, 0.4) is 0 Å². The Balaban J connectivity index is 1.62. The molecule has 0 bridgehead atoms. The van der Waals surface area contributed by atoms with Crippen molar-refractivity contribution in [3.63, 3.8) is 0 Å². The van der Waals surface area contributed by atoms with Gasteiger partial charge in [-0.15, -0.1) is 0 Å². The predicted molar refractivity (Wildman–Crippen MR) is 155 cm³/mol. The second kappa shape index (κ2) is 11.3. The van der Waals surface area contributed by atoms with Gasteiger partial charge >= 0.3 is 0 Å². The van der Waals surface area contributed by atoms with Crippen molar-refractivity contribution >= 4 is 50.5 Å². The first-order valence-electron chi connectivity index (χ1n) is 11.9. The van der Waals surface area contributed by atoms with E-state index in [4.69, 9.17) is 21.7 Å².